The zero-order valence-electron chi connectivity index (χ0n) is 18.1. The van der Waals surface area contributed by atoms with Crippen LogP contribution in [-0.4, -0.2) is 65.3 Å². The van der Waals surface area contributed by atoms with E-state index < -0.39 is 5.82 Å². The minimum absolute atomic E-state index is 0.0195. The van der Waals surface area contributed by atoms with E-state index in [-0.39, 0.29) is 35.0 Å². The van der Waals surface area contributed by atoms with E-state index in [2.05, 4.69) is 10.2 Å². The predicted octanol–water partition coefficient (Wildman–Crippen LogP) is 2.42. The van der Waals surface area contributed by atoms with E-state index in [1.807, 2.05) is 12.1 Å². The summed E-state index contributed by atoms with van der Waals surface area (Å²) in [6.45, 7) is 2.03. The first-order chi connectivity index (χ1) is 15.9. The van der Waals surface area contributed by atoms with E-state index in [9.17, 15) is 18.8 Å². The van der Waals surface area contributed by atoms with Crippen molar-refractivity contribution in [2.24, 2.45) is 11.8 Å². The average Bonchev–Trinajstić information content (AvgIpc) is 3.41. The number of carbonyl (C=O) groups is 2. The lowest BCUT2D eigenvalue weighted by Crippen LogP contribution is -2.35. The van der Waals surface area contributed by atoms with Gasteiger partial charge >= 0.3 is 6.09 Å². The third-order valence-electron chi connectivity index (χ3n) is 6.61. The van der Waals surface area contributed by atoms with E-state index in [0.717, 1.165) is 10.9 Å². The first-order valence-electron chi connectivity index (χ1n) is 10.8. The van der Waals surface area contributed by atoms with Crippen LogP contribution in [0.4, 0.5) is 9.18 Å². The van der Waals surface area contributed by atoms with Crippen LogP contribution in [0.2, 0.25) is 0 Å². The van der Waals surface area contributed by atoms with Crippen molar-refractivity contribution in [3.05, 3.63) is 75.5 Å². The van der Waals surface area contributed by atoms with Gasteiger partial charge in [0.25, 0.3) is 11.5 Å². The molecule has 0 aliphatic carbocycles. The lowest BCUT2D eigenvalue weighted by atomic mass is 10.0. The topological polar surface area (TPSA) is 95.6 Å². The molecule has 2 unspecified atom stereocenters. The highest BCUT2D eigenvalue weighted by molar-refractivity contribution is 5.95. The molecular formula is C24H23FN4O4. The predicted molar refractivity (Wildman–Crippen MR) is 118 cm³/mol. The van der Waals surface area contributed by atoms with Crippen molar-refractivity contribution in [3.63, 3.8) is 0 Å². The molecule has 0 saturated carbocycles. The Bertz CT molecular complexity index is 1290. The third-order valence-corrected chi connectivity index (χ3v) is 6.61. The monoisotopic (exact) mass is 450 g/mol. The van der Waals surface area contributed by atoms with Crippen molar-refractivity contribution in [1.29, 1.82) is 0 Å². The highest BCUT2D eigenvalue weighted by Gasteiger charge is 2.43. The number of likely N-dealkylation sites (tertiary alicyclic amines) is 2. The number of rotatable bonds is 3. The van der Waals surface area contributed by atoms with Gasteiger partial charge < -0.3 is 14.5 Å². The van der Waals surface area contributed by atoms with Crippen LogP contribution < -0.4 is 5.56 Å². The molecule has 33 heavy (non-hydrogen) atoms. The number of fused-ring (bicyclic) bond motifs is 2. The van der Waals surface area contributed by atoms with Crippen LogP contribution in [0.25, 0.3) is 10.8 Å². The molecule has 0 spiro atoms. The van der Waals surface area contributed by atoms with Crippen molar-refractivity contribution >= 4 is 22.8 Å². The number of ether oxygens (including phenoxy) is 1. The molecule has 2 atom stereocenters. The molecule has 5 rings (SSSR count). The Labute approximate surface area is 188 Å². The Morgan fingerprint density at radius 2 is 1.73 bits per heavy atom. The van der Waals surface area contributed by atoms with Crippen molar-refractivity contribution in [3.8, 4) is 0 Å². The number of carbonyl (C=O) groups excluding carboxylic acids is 2. The molecule has 2 aliphatic heterocycles. The summed E-state index contributed by atoms with van der Waals surface area (Å²) in [5.74, 6) is -0.601. The molecule has 2 aromatic carbocycles. The van der Waals surface area contributed by atoms with E-state index >= 15 is 0 Å². The van der Waals surface area contributed by atoms with Crippen LogP contribution >= 0.6 is 0 Å². The van der Waals surface area contributed by atoms with Crippen molar-refractivity contribution in [2.45, 2.75) is 6.42 Å². The number of hydrogen-bond donors (Lipinski definition) is 1. The van der Waals surface area contributed by atoms with Crippen LogP contribution in [0.3, 0.4) is 0 Å². The molecule has 0 radical (unpaired) electrons. The zero-order valence-corrected chi connectivity index (χ0v) is 18.1. The molecule has 2 fully saturated rings. The van der Waals surface area contributed by atoms with Crippen LogP contribution in [0.1, 0.15) is 21.6 Å². The molecule has 9 heteroatoms. The number of benzene rings is 2. The lowest BCUT2D eigenvalue weighted by molar-refractivity contribution is 0.0767. The molecule has 1 N–H and O–H groups in total. The summed E-state index contributed by atoms with van der Waals surface area (Å²) >= 11 is 0. The quantitative estimate of drug-likeness (QED) is 0.661. The van der Waals surface area contributed by atoms with Gasteiger partial charge in [0.05, 0.1) is 23.8 Å². The van der Waals surface area contributed by atoms with Gasteiger partial charge in [0, 0.05) is 49.8 Å². The first kappa shape index (κ1) is 21.1. The first-order valence-corrected chi connectivity index (χ1v) is 10.8. The van der Waals surface area contributed by atoms with Crippen LogP contribution in [0.5, 0.6) is 0 Å². The van der Waals surface area contributed by atoms with Gasteiger partial charge in [-0.15, -0.1) is 0 Å². The smallest absolute Gasteiger partial charge is 0.409 e. The van der Waals surface area contributed by atoms with Crippen LogP contribution in [0, 0.1) is 17.7 Å². The van der Waals surface area contributed by atoms with Gasteiger partial charge in [-0.2, -0.15) is 5.10 Å². The normalized spacial score (nSPS) is 19.7. The maximum absolute atomic E-state index is 14.6. The third kappa shape index (κ3) is 3.83. The van der Waals surface area contributed by atoms with E-state index in [1.54, 1.807) is 34.1 Å². The summed E-state index contributed by atoms with van der Waals surface area (Å²) < 4.78 is 19.4. The minimum atomic E-state index is -0.573. The molecule has 170 valence electrons. The Morgan fingerprint density at radius 1 is 1.06 bits per heavy atom. The lowest BCUT2D eigenvalue weighted by Gasteiger charge is -2.21. The molecule has 2 saturated heterocycles. The number of methoxy groups -OCH3 is 1. The summed E-state index contributed by atoms with van der Waals surface area (Å²) in [6, 6.07) is 11.7. The summed E-state index contributed by atoms with van der Waals surface area (Å²) in [7, 11) is 1.35. The van der Waals surface area contributed by atoms with E-state index in [4.69, 9.17) is 4.74 Å². The van der Waals surface area contributed by atoms with Gasteiger partial charge in [-0.1, -0.05) is 24.3 Å². The standard InChI is InChI=1S/C24H23FN4O4/c1-33-24(32)29-12-15-10-28(11-16(15)13-29)23(31)19-8-14(6-7-20(19)25)9-21-17-4-2-3-5-18(17)22(30)27-26-21/h2-8,15-16H,9-13H2,1H3,(H,27,30). The molecule has 0 bridgehead atoms. The molecule has 1 aromatic heterocycles. The molecule has 2 amide bonds. The summed E-state index contributed by atoms with van der Waals surface area (Å²) in [4.78, 5) is 40.3. The Morgan fingerprint density at radius 3 is 2.42 bits per heavy atom. The number of nitrogens with zero attached hydrogens (tertiary/aromatic N) is 3. The molecular weight excluding hydrogens is 427 g/mol. The van der Waals surface area contributed by atoms with Crippen LogP contribution in [0.15, 0.2) is 47.3 Å². The van der Waals surface area contributed by atoms with Crippen molar-refractivity contribution in [2.75, 3.05) is 33.3 Å². The fourth-order valence-electron chi connectivity index (χ4n) is 4.95. The second kappa shape index (κ2) is 8.31. The highest BCUT2D eigenvalue weighted by Crippen LogP contribution is 2.32. The average molecular weight is 450 g/mol. The van der Waals surface area contributed by atoms with Gasteiger partial charge in [0.1, 0.15) is 5.82 Å². The fraction of sp³-hybridized carbons (Fsp3) is 0.333. The number of aromatic nitrogens is 2. The highest BCUT2D eigenvalue weighted by atomic mass is 19.1. The summed E-state index contributed by atoms with van der Waals surface area (Å²) in [6.07, 6.45) is -0.0126. The molecule has 8 nitrogen and oxygen atoms in total. The second-order valence-corrected chi connectivity index (χ2v) is 8.64. The summed E-state index contributed by atoms with van der Waals surface area (Å²) in [5.41, 5.74) is 1.12. The zero-order chi connectivity index (χ0) is 23.1. The van der Waals surface area contributed by atoms with E-state index in [0.29, 0.717) is 43.7 Å². The number of hydrogen-bond acceptors (Lipinski definition) is 5. The maximum atomic E-state index is 14.6. The van der Waals surface area contributed by atoms with E-state index in [1.165, 1.54) is 13.2 Å². The van der Waals surface area contributed by atoms with Gasteiger partial charge in [-0.05, 0) is 23.8 Å². The molecule has 2 aliphatic rings. The largest absolute Gasteiger partial charge is 0.453 e. The summed E-state index contributed by atoms with van der Waals surface area (Å²) in [5, 5.41) is 7.93. The number of nitrogens with one attached hydrogen (secondary N) is 1. The van der Waals surface area contributed by atoms with Crippen molar-refractivity contribution in [1.82, 2.24) is 20.0 Å². The fourth-order valence-corrected chi connectivity index (χ4v) is 4.95. The maximum Gasteiger partial charge on any atom is 0.409 e. The second-order valence-electron chi connectivity index (χ2n) is 8.64. The Kier molecular flexibility index (Phi) is 5.32. The SMILES string of the molecule is COC(=O)N1CC2CN(C(=O)c3cc(Cc4n[nH]c(=O)c5ccccc45)ccc3F)CC2C1. The Hall–Kier alpha value is -3.75. The van der Waals surface area contributed by atoms with Gasteiger partial charge in [-0.25, -0.2) is 14.3 Å². The minimum Gasteiger partial charge on any atom is -0.453 e. The van der Waals surface area contributed by atoms with Crippen molar-refractivity contribution < 1.29 is 18.7 Å². The number of amides is 2. The Balaban J connectivity index is 1.35. The number of H-pyrrole nitrogens is 1. The number of halogens is 1. The van der Waals surface area contributed by atoms with Crippen LogP contribution in [-0.2, 0) is 11.2 Å². The van der Waals surface area contributed by atoms with Gasteiger partial charge in [-0.3, -0.25) is 9.59 Å². The molecule has 3 aromatic rings. The van der Waals surface area contributed by atoms with Gasteiger partial charge in [0.2, 0.25) is 0 Å². The number of aromatic amines is 1. The van der Waals surface area contributed by atoms with Gasteiger partial charge in [0.15, 0.2) is 0 Å². The molecule has 3 heterocycles.